The van der Waals surface area contributed by atoms with Gasteiger partial charge < -0.3 is 37.9 Å². The van der Waals surface area contributed by atoms with Crippen LogP contribution in [0.1, 0.15) is 47.7 Å². The van der Waals surface area contributed by atoms with Crippen molar-refractivity contribution in [2.24, 2.45) is 0 Å². The molecule has 2 fully saturated rings. The number of hydrogen-bond acceptors (Lipinski definition) is 8. The number of rotatable bonds is 10. The van der Waals surface area contributed by atoms with E-state index < -0.39 is 12.6 Å². The van der Waals surface area contributed by atoms with Crippen LogP contribution < -0.4 is 18.9 Å². The van der Waals surface area contributed by atoms with Gasteiger partial charge in [0.25, 0.3) is 0 Å². The molecule has 0 N–H and O–H groups in total. The number of ether oxygens (including phenoxy) is 8. The maximum Gasteiger partial charge on any atom is 0.184 e. The van der Waals surface area contributed by atoms with Crippen LogP contribution in [0.15, 0.2) is 78.9 Å². The molecule has 0 bridgehead atoms. The third-order valence-corrected chi connectivity index (χ3v) is 7.74. The lowest BCUT2D eigenvalue weighted by atomic mass is 9.93. The van der Waals surface area contributed by atoms with Crippen molar-refractivity contribution in [3.05, 3.63) is 101 Å². The molecule has 234 valence electrons. The van der Waals surface area contributed by atoms with Gasteiger partial charge in [-0.3, -0.25) is 0 Å². The average molecular weight is 611 g/mol. The van der Waals surface area contributed by atoms with E-state index in [-0.39, 0.29) is 0 Å². The Kier molecular flexibility index (Phi) is 9.97. The van der Waals surface area contributed by atoms with Crippen LogP contribution >= 0.6 is 0 Å². The van der Waals surface area contributed by atoms with Crippen molar-refractivity contribution in [1.29, 1.82) is 0 Å². The van der Waals surface area contributed by atoms with E-state index in [1.54, 1.807) is 21.3 Å². The molecule has 8 heteroatoms. The Hall–Kier alpha value is -4.34. The minimum Gasteiger partial charge on any atom is -0.497 e. The molecule has 0 amide bonds. The van der Waals surface area contributed by atoms with E-state index in [0.717, 1.165) is 57.7 Å². The van der Waals surface area contributed by atoms with Crippen LogP contribution in [0, 0.1) is 0 Å². The van der Waals surface area contributed by atoms with Crippen LogP contribution in [0.2, 0.25) is 0 Å². The summed E-state index contributed by atoms with van der Waals surface area (Å²) in [6.07, 6.45) is 5.03. The van der Waals surface area contributed by atoms with E-state index in [2.05, 4.69) is 12.2 Å². The molecule has 0 radical (unpaired) electrons. The van der Waals surface area contributed by atoms with E-state index in [4.69, 9.17) is 37.9 Å². The van der Waals surface area contributed by atoms with Crippen LogP contribution in [0.5, 0.6) is 28.7 Å². The van der Waals surface area contributed by atoms with Crippen molar-refractivity contribution in [1.82, 2.24) is 0 Å². The molecule has 8 nitrogen and oxygen atoms in total. The average Bonchev–Trinajstić information content (AvgIpc) is 3.11. The Balaban J connectivity index is 1.27. The summed E-state index contributed by atoms with van der Waals surface area (Å²) >= 11 is 0. The molecule has 0 saturated carbocycles. The largest absolute Gasteiger partial charge is 0.497 e. The highest BCUT2D eigenvalue weighted by atomic mass is 16.7. The third-order valence-electron chi connectivity index (χ3n) is 7.74. The van der Waals surface area contributed by atoms with Crippen LogP contribution in [0.3, 0.4) is 0 Å². The molecular weight excluding hydrogens is 572 g/mol. The highest BCUT2D eigenvalue weighted by molar-refractivity contribution is 5.86. The van der Waals surface area contributed by atoms with Crippen molar-refractivity contribution in [2.45, 2.75) is 25.4 Å². The van der Waals surface area contributed by atoms with Crippen LogP contribution in [0.4, 0.5) is 0 Å². The first kappa shape index (κ1) is 30.7. The summed E-state index contributed by atoms with van der Waals surface area (Å²) in [4.78, 5) is 0. The minimum atomic E-state index is -0.461. The standard InChI is InChI=1S/C37H38O8/c1-38-29-16-17-30(35-31(7-4-8-33(35)40-3)37-43-21-6-22-44-37)26(23-29)12-9-25-10-14-28(15-11-25)45-34-24-27(13-18-32(34)39-2)36-41-19-5-20-42-36/h4,7-18,23-24,36-37H,5-6,19-22H2,1-3H3. The molecule has 0 aromatic heterocycles. The highest BCUT2D eigenvalue weighted by Crippen LogP contribution is 2.42. The van der Waals surface area contributed by atoms with Gasteiger partial charge in [-0.1, -0.05) is 42.5 Å². The van der Waals surface area contributed by atoms with Gasteiger partial charge in [0.2, 0.25) is 0 Å². The van der Waals surface area contributed by atoms with Gasteiger partial charge in [0, 0.05) is 16.7 Å². The van der Waals surface area contributed by atoms with Crippen molar-refractivity contribution in [2.75, 3.05) is 47.8 Å². The number of benzene rings is 4. The lowest BCUT2D eigenvalue weighted by molar-refractivity contribution is -0.183. The highest BCUT2D eigenvalue weighted by Gasteiger charge is 2.24. The van der Waals surface area contributed by atoms with E-state index in [9.17, 15) is 0 Å². The zero-order valence-electron chi connectivity index (χ0n) is 25.8. The Morgan fingerprint density at radius 1 is 0.600 bits per heavy atom. The second-order valence-corrected chi connectivity index (χ2v) is 10.6. The maximum atomic E-state index is 6.24. The summed E-state index contributed by atoms with van der Waals surface area (Å²) in [5, 5.41) is 0. The molecule has 4 aromatic carbocycles. The summed E-state index contributed by atoms with van der Waals surface area (Å²) in [5.74, 6) is 3.40. The second kappa shape index (κ2) is 14.6. The van der Waals surface area contributed by atoms with Gasteiger partial charge in [0.05, 0.1) is 47.8 Å². The molecular formula is C37H38O8. The van der Waals surface area contributed by atoms with Crippen LogP contribution in [-0.2, 0) is 18.9 Å². The van der Waals surface area contributed by atoms with E-state index >= 15 is 0 Å². The topological polar surface area (TPSA) is 73.8 Å². The third kappa shape index (κ3) is 7.16. The summed E-state index contributed by atoms with van der Waals surface area (Å²) in [6.45, 7) is 2.64. The van der Waals surface area contributed by atoms with Gasteiger partial charge in [-0.25, -0.2) is 0 Å². The summed E-state index contributed by atoms with van der Waals surface area (Å²) in [6, 6.07) is 25.6. The van der Waals surface area contributed by atoms with Crippen molar-refractivity contribution < 1.29 is 37.9 Å². The molecule has 0 aliphatic carbocycles. The molecule has 0 spiro atoms. The Bertz CT molecular complexity index is 1600. The van der Waals surface area contributed by atoms with Crippen molar-refractivity contribution in [3.8, 4) is 39.9 Å². The first-order valence-electron chi connectivity index (χ1n) is 15.1. The van der Waals surface area contributed by atoms with E-state index in [1.807, 2.05) is 78.9 Å². The monoisotopic (exact) mass is 610 g/mol. The van der Waals surface area contributed by atoms with Gasteiger partial charge >= 0.3 is 0 Å². The van der Waals surface area contributed by atoms with Gasteiger partial charge in [0.15, 0.2) is 24.1 Å². The molecule has 2 aliphatic rings. The fraction of sp³-hybridized carbons (Fsp3) is 0.297. The second-order valence-electron chi connectivity index (χ2n) is 10.6. The minimum absolute atomic E-state index is 0.407. The summed E-state index contributed by atoms with van der Waals surface area (Å²) in [5.41, 5.74) is 5.69. The lowest BCUT2D eigenvalue weighted by Crippen LogP contribution is -2.18. The molecule has 2 saturated heterocycles. The molecule has 2 heterocycles. The maximum absolute atomic E-state index is 6.24. The molecule has 45 heavy (non-hydrogen) atoms. The van der Waals surface area contributed by atoms with Crippen molar-refractivity contribution in [3.63, 3.8) is 0 Å². The smallest absolute Gasteiger partial charge is 0.184 e. The zero-order valence-corrected chi connectivity index (χ0v) is 25.8. The quantitative estimate of drug-likeness (QED) is 0.166. The molecule has 0 unspecified atom stereocenters. The molecule has 4 aromatic rings. The Morgan fingerprint density at radius 3 is 1.98 bits per heavy atom. The fourth-order valence-electron chi connectivity index (χ4n) is 5.46. The summed E-state index contributed by atoms with van der Waals surface area (Å²) < 4.78 is 46.7. The normalized spacial score (nSPS) is 16.1. The summed E-state index contributed by atoms with van der Waals surface area (Å²) in [7, 11) is 4.97. The van der Waals surface area contributed by atoms with E-state index in [0.29, 0.717) is 43.7 Å². The Morgan fingerprint density at radius 2 is 1.29 bits per heavy atom. The predicted octanol–water partition coefficient (Wildman–Crippen LogP) is 8.21. The number of methoxy groups -OCH3 is 3. The molecule has 2 aliphatic heterocycles. The van der Waals surface area contributed by atoms with E-state index in [1.165, 1.54) is 0 Å². The van der Waals surface area contributed by atoms with Crippen LogP contribution in [0.25, 0.3) is 23.3 Å². The van der Waals surface area contributed by atoms with Crippen molar-refractivity contribution >= 4 is 12.2 Å². The van der Waals surface area contributed by atoms with Gasteiger partial charge in [-0.2, -0.15) is 0 Å². The first-order chi connectivity index (χ1) is 22.2. The van der Waals surface area contributed by atoms with Gasteiger partial charge in [0.1, 0.15) is 17.2 Å². The fourth-order valence-corrected chi connectivity index (χ4v) is 5.46. The zero-order chi connectivity index (χ0) is 31.0. The predicted molar refractivity (Wildman–Crippen MR) is 172 cm³/mol. The molecule has 0 atom stereocenters. The molecule has 6 rings (SSSR count). The van der Waals surface area contributed by atoms with Gasteiger partial charge in [-0.05, 0) is 78.1 Å². The number of hydrogen-bond donors (Lipinski definition) is 0. The first-order valence-corrected chi connectivity index (χ1v) is 15.1. The van der Waals surface area contributed by atoms with Gasteiger partial charge in [-0.15, -0.1) is 0 Å². The SMILES string of the molecule is COc1ccc(-c2c(OC)cccc2C2OCCCO2)c(C=Cc2ccc(Oc3cc(C4OCCCO4)ccc3OC)cc2)c1. The Labute approximate surface area is 264 Å². The lowest BCUT2D eigenvalue weighted by Gasteiger charge is -2.26. The van der Waals surface area contributed by atoms with Crippen LogP contribution in [-0.4, -0.2) is 47.8 Å².